The second kappa shape index (κ2) is 15.3. The van der Waals surface area contributed by atoms with Gasteiger partial charge in [-0.2, -0.15) is 13.2 Å². The third kappa shape index (κ3) is 9.53. The summed E-state index contributed by atoms with van der Waals surface area (Å²) in [5, 5.41) is 5.43. The summed E-state index contributed by atoms with van der Waals surface area (Å²) < 4.78 is 44.4. The summed E-state index contributed by atoms with van der Waals surface area (Å²) in [5.74, 6) is -0.567. The number of ether oxygens (including phenoxy) is 1. The predicted molar refractivity (Wildman–Crippen MR) is 164 cm³/mol. The molecule has 2 aromatic heterocycles. The number of halogens is 3. The van der Waals surface area contributed by atoms with Crippen LogP contribution in [0.4, 0.5) is 30.5 Å². The molecule has 3 aromatic rings. The van der Waals surface area contributed by atoms with Crippen LogP contribution in [-0.2, 0) is 22.1 Å². The van der Waals surface area contributed by atoms with Crippen LogP contribution in [0.2, 0.25) is 0 Å². The van der Waals surface area contributed by atoms with Gasteiger partial charge in [-0.15, -0.1) is 0 Å². The van der Waals surface area contributed by atoms with Gasteiger partial charge in [0.1, 0.15) is 18.2 Å². The Bertz CT molecular complexity index is 1450. The Morgan fingerprint density at radius 3 is 2.52 bits per heavy atom. The minimum atomic E-state index is -4.54. The van der Waals surface area contributed by atoms with Gasteiger partial charge in [0.15, 0.2) is 0 Å². The number of rotatable bonds is 12. The number of anilines is 3. The Balaban J connectivity index is 1.26. The molecule has 12 heteroatoms. The standard InChI is InChI=1S/C32H37F3N6O3/c33-32(34,35)24-14-15-38-27(18-24)41-31(43)22-12-10-21(11-13-22)17-26-29(36)23(19-39-30(26)37)7-3-2-6-16-44-20-28(42)40-25-8-4-1-5-9-25/h3,7,10-15,18-19,25H,1-2,4-6,8-9,16-17,20H2,(H,40,42)(H4,36,37,39)(H,38,41,43)/b7-3+. The number of hydrogen-bond acceptors (Lipinski definition) is 7. The number of benzene rings is 1. The molecular weight excluding hydrogens is 573 g/mol. The molecule has 0 bridgehead atoms. The number of hydrogen-bond donors (Lipinski definition) is 4. The minimum absolute atomic E-state index is 0.0639. The summed E-state index contributed by atoms with van der Waals surface area (Å²) in [6.45, 7) is 0.532. The maximum absolute atomic E-state index is 12.9. The Morgan fingerprint density at radius 1 is 1.05 bits per heavy atom. The summed E-state index contributed by atoms with van der Waals surface area (Å²) >= 11 is 0. The summed E-state index contributed by atoms with van der Waals surface area (Å²) in [6.07, 6.45) is 9.36. The van der Waals surface area contributed by atoms with Crippen molar-refractivity contribution in [2.45, 2.75) is 63.6 Å². The van der Waals surface area contributed by atoms with Gasteiger partial charge in [-0.05, 0) is 55.5 Å². The molecule has 1 aliphatic carbocycles. The van der Waals surface area contributed by atoms with Crippen molar-refractivity contribution in [3.8, 4) is 0 Å². The lowest BCUT2D eigenvalue weighted by atomic mass is 9.95. The second-order valence-corrected chi connectivity index (χ2v) is 10.7. The smallest absolute Gasteiger partial charge is 0.398 e. The molecule has 9 nitrogen and oxygen atoms in total. The molecule has 44 heavy (non-hydrogen) atoms. The average Bonchev–Trinajstić information content (AvgIpc) is 3.00. The molecule has 2 amide bonds. The highest BCUT2D eigenvalue weighted by atomic mass is 19.4. The summed E-state index contributed by atoms with van der Waals surface area (Å²) in [4.78, 5) is 32.7. The van der Waals surface area contributed by atoms with E-state index in [0.717, 1.165) is 62.4 Å². The van der Waals surface area contributed by atoms with Gasteiger partial charge < -0.3 is 26.8 Å². The van der Waals surface area contributed by atoms with E-state index in [1.54, 1.807) is 30.5 Å². The Kier molecular flexibility index (Phi) is 11.3. The first-order valence-corrected chi connectivity index (χ1v) is 14.6. The van der Waals surface area contributed by atoms with Gasteiger partial charge in [0.05, 0.1) is 5.56 Å². The lowest BCUT2D eigenvalue weighted by Crippen LogP contribution is -2.38. The first kappa shape index (κ1) is 32.5. The van der Waals surface area contributed by atoms with Gasteiger partial charge in [-0.1, -0.05) is 43.5 Å². The van der Waals surface area contributed by atoms with E-state index in [1.165, 1.54) is 6.42 Å². The topological polar surface area (TPSA) is 145 Å². The molecule has 0 unspecified atom stereocenters. The highest BCUT2D eigenvalue weighted by molar-refractivity contribution is 6.03. The molecule has 6 N–H and O–H groups in total. The molecular formula is C32H37F3N6O3. The van der Waals surface area contributed by atoms with Crippen LogP contribution in [0.25, 0.3) is 6.08 Å². The number of nitrogens with zero attached hydrogens (tertiary/aromatic N) is 2. The molecule has 1 aromatic carbocycles. The zero-order chi connectivity index (χ0) is 31.5. The third-order valence-corrected chi connectivity index (χ3v) is 7.37. The van der Waals surface area contributed by atoms with E-state index in [1.807, 2.05) is 12.2 Å². The largest absolute Gasteiger partial charge is 0.416 e. The van der Waals surface area contributed by atoms with E-state index in [9.17, 15) is 22.8 Å². The molecule has 4 rings (SSSR count). The number of carbonyl (C=O) groups excluding carboxylic acids is 2. The number of allylic oxidation sites excluding steroid dienone is 1. The molecule has 1 saturated carbocycles. The Hall–Kier alpha value is -4.45. The lowest BCUT2D eigenvalue weighted by molar-refractivity contribution is -0.137. The zero-order valence-corrected chi connectivity index (χ0v) is 24.3. The Labute approximate surface area is 254 Å². The monoisotopic (exact) mass is 610 g/mol. The van der Waals surface area contributed by atoms with Gasteiger partial charge >= 0.3 is 6.18 Å². The number of pyridine rings is 2. The van der Waals surface area contributed by atoms with Gasteiger partial charge in [-0.25, -0.2) is 9.97 Å². The molecule has 0 spiro atoms. The highest BCUT2D eigenvalue weighted by Gasteiger charge is 2.31. The van der Waals surface area contributed by atoms with Crippen LogP contribution in [0.1, 0.15) is 77.6 Å². The van der Waals surface area contributed by atoms with Crippen LogP contribution in [0.5, 0.6) is 0 Å². The number of alkyl halides is 3. The first-order chi connectivity index (χ1) is 21.1. The lowest BCUT2D eigenvalue weighted by Gasteiger charge is -2.22. The zero-order valence-electron chi connectivity index (χ0n) is 24.3. The second-order valence-electron chi connectivity index (χ2n) is 10.7. The van der Waals surface area contributed by atoms with Gasteiger partial charge in [0.25, 0.3) is 5.91 Å². The molecule has 0 radical (unpaired) electrons. The van der Waals surface area contributed by atoms with Crippen molar-refractivity contribution in [2.24, 2.45) is 0 Å². The molecule has 1 aliphatic rings. The highest BCUT2D eigenvalue weighted by Crippen LogP contribution is 2.30. The van der Waals surface area contributed by atoms with Crippen LogP contribution in [0.3, 0.4) is 0 Å². The Morgan fingerprint density at radius 2 is 1.80 bits per heavy atom. The predicted octanol–water partition coefficient (Wildman–Crippen LogP) is 5.76. The number of unbranched alkanes of at least 4 members (excludes halogenated alkanes) is 1. The number of nitrogens with one attached hydrogen (secondary N) is 2. The molecule has 0 aliphatic heterocycles. The van der Waals surface area contributed by atoms with E-state index in [0.29, 0.717) is 29.8 Å². The summed E-state index contributed by atoms with van der Waals surface area (Å²) in [6, 6.07) is 8.43. The minimum Gasteiger partial charge on any atom is -0.398 e. The van der Waals surface area contributed by atoms with E-state index in [4.69, 9.17) is 16.2 Å². The quantitative estimate of drug-likeness (QED) is 0.191. The van der Waals surface area contributed by atoms with Crippen molar-refractivity contribution in [2.75, 3.05) is 30.0 Å². The van der Waals surface area contributed by atoms with E-state index >= 15 is 0 Å². The summed E-state index contributed by atoms with van der Waals surface area (Å²) in [5.41, 5.74) is 14.5. The van der Waals surface area contributed by atoms with Crippen LogP contribution < -0.4 is 22.1 Å². The SMILES string of the molecule is Nc1ncc(/C=C/CCCOCC(=O)NC2CCCCC2)c(N)c1Cc1ccc(C(=O)Nc2cc(C(F)(F)F)ccn2)cc1. The van der Waals surface area contributed by atoms with E-state index < -0.39 is 17.6 Å². The van der Waals surface area contributed by atoms with Crippen LogP contribution in [-0.4, -0.2) is 41.0 Å². The number of nitrogens with two attached hydrogens (primary N) is 2. The van der Waals surface area contributed by atoms with Crippen LogP contribution >= 0.6 is 0 Å². The van der Waals surface area contributed by atoms with Gasteiger partial charge in [-0.3, -0.25) is 9.59 Å². The molecule has 2 heterocycles. The normalized spacial score (nSPS) is 14.1. The van der Waals surface area contributed by atoms with Crippen molar-refractivity contribution in [3.63, 3.8) is 0 Å². The van der Waals surface area contributed by atoms with Gasteiger partial charge in [0, 0.05) is 53.8 Å². The molecule has 234 valence electrons. The van der Waals surface area contributed by atoms with Crippen molar-refractivity contribution in [1.82, 2.24) is 15.3 Å². The number of nitrogen functional groups attached to an aromatic ring is 2. The van der Waals surface area contributed by atoms with Crippen molar-refractivity contribution in [3.05, 3.63) is 82.7 Å². The fourth-order valence-corrected chi connectivity index (χ4v) is 4.95. The molecule has 1 fully saturated rings. The number of aromatic nitrogens is 2. The van der Waals surface area contributed by atoms with Crippen molar-refractivity contribution >= 4 is 35.2 Å². The fourth-order valence-electron chi connectivity index (χ4n) is 4.95. The number of amides is 2. The van der Waals surface area contributed by atoms with Gasteiger partial charge in [0.2, 0.25) is 5.91 Å². The average molecular weight is 611 g/mol. The summed E-state index contributed by atoms with van der Waals surface area (Å²) in [7, 11) is 0. The fraction of sp³-hybridized carbons (Fsp3) is 0.375. The van der Waals surface area contributed by atoms with Crippen LogP contribution in [0, 0.1) is 0 Å². The maximum Gasteiger partial charge on any atom is 0.416 e. The molecule has 0 atom stereocenters. The van der Waals surface area contributed by atoms with E-state index in [-0.39, 0.29) is 35.8 Å². The molecule has 0 saturated heterocycles. The maximum atomic E-state index is 12.9. The van der Waals surface area contributed by atoms with Crippen molar-refractivity contribution in [1.29, 1.82) is 0 Å². The third-order valence-electron chi connectivity index (χ3n) is 7.37. The number of carbonyl (C=O) groups is 2. The van der Waals surface area contributed by atoms with Crippen LogP contribution in [0.15, 0.2) is 54.9 Å². The van der Waals surface area contributed by atoms with E-state index in [2.05, 4.69) is 20.6 Å². The first-order valence-electron chi connectivity index (χ1n) is 14.6. The van der Waals surface area contributed by atoms with Crippen molar-refractivity contribution < 1.29 is 27.5 Å².